The Morgan fingerprint density at radius 2 is 1.84 bits per heavy atom. The van der Waals surface area contributed by atoms with Crippen LogP contribution in [0.25, 0.3) is 0 Å². The summed E-state index contributed by atoms with van der Waals surface area (Å²) < 4.78 is 11.9. The molecule has 0 bridgehead atoms. The van der Waals surface area contributed by atoms with Gasteiger partial charge in [-0.2, -0.15) is 0 Å². The van der Waals surface area contributed by atoms with E-state index in [2.05, 4.69) is 28.2 Å². The number of benzene rings is 1. The molecule has 0 atom stereocenters. The van der Waals surface area contributed by atoms with Crippen molar-refractivity contribution in [2.24, 2.45) is 0 Å². The minimum absolute atomic E-state index is 0.510. The van der Waals surface area contributed by atoms with Crippen LogP contribution in [0.3, 0.4) is 0 Å². The van der Waals surface area contributed by atoms with Gasteiger partial charge in [0, 0.05) is 11.0 Å². The second kappa shape index (κ2) is 14.9. The highest BCUT2D eigenvalue weighted by molar-refractivity contribution is 9.10. The van der Waals surface area contributed by atoms with Gasteiger partial charge in [-0.05, 0) is 31.2 Å². The van der Waals surface area contributed by atoms with Crippen LogP contribution in [-0.4, -0.2) is 55.1 Å². The van der Waals surface area contributed by atoms with E-state index in [1.807, 2.05) is 18.2 Å². The molecule has 0 radical (unpaired) electrons. The van der Waals surface area contributed by atoms with Gasteiger partial charge in [0.05, 0.1) is 18.2 Å². The van der Waals surface area contributed by atoms with Crippen molar-refractivity contribution in [2.45, 2.75) is 19.8 Å². The molecule has 142 valence electrons. The number of nitrogens with one attached hydrogen (secondary N) is 1. The van der Waals surface area contributed by atoms with E-state index in [1.54, 1.807) is 0 Å². The van der Waals surface area contributed by atoms with E-state index in [0.29, 0.717) is 30.6 Å². The van der Waals surface area contributed by atoms with Crippen molar-refractivity contribution in [3.05, 3.63) is 27.7 Å². The summed E-state index contributed by atoms with van der Waals surface area (Å²) in [5, 5.41) is 18.7. The zero-order valence-corrected chi connectivity index (χ0v) is 16.3. The van der Waals surface area contributed by atoms with Crippen molar-refractivity contribution in [3.63, 3.8) is 0 Å². The molecule has 1 rings (SSSR count). The van der Waals surface area contributed by atoms with Crippen molar-refractivity contribution in [1.29, 1.82) is 0 Å². The molecule has 0 aliphatic carbocycles. The van der Waals surface area contributed by atoms with Gasteiger partial charge in [0.1, 0.15) is 12.4 Å². The second-order valence-electron chi connectivity index (χ2n) is 4.75. The minimum atomic E-state index is -1.82. The van der Waals surface area contributed by atoms with Gasteiger partial charge < -0.3 is 25.0 Å². The number of hydrogen-bond donors (Lipinski definition) is 3. The van der Waals surface area contributed by atoms with Crippen molar-refractivity contribution >= 4 is 39.5 Å². The van der Waals surface area contributed by atoms with Gasteiger partial charge in [-0.25, -0.2) is 9.59 Å². The third-order valence-electron chi connectivity index (χ3n) is 2.69. The number of rotatable bonds is 10. The van der Waals surface area contributed by atoms with E-state index in [4.69, 9.17) is 40.9 Å². The summed E-state index contributed by atoms with van der Waals surface area (Å²) in [4.78, 5) is 18.2. The highest BCUT2D eigenvalue weighted by Crippen LogP contribution is 2.27. The molecule has 25 heavy (non-hydrogen) atoms. The van der Waals surface area contributed by atoms with Crippen LogP contribution in [0, 0.1) is 0 Å². The normalized spacial score (nSPS) is 9.88. The molecule has 0 fully saturated rings. The summed E-state index contributed by atoms with van der Waals surface area (Å²) >= 11 is 9.39. The van der Waals surface area contributed by atoms with Crippen molar-refractivity contribution < 1.29 is 29.3 Å². The highest BCUT2D eigenvalue weighted by atomic mass is 79.9. The van der Waals surface area contributed by atoms with Gasteiger partial charge in [-0.15, -0.1) is 0 Å². The average molecular weight is 441 g/mol. The number of unbranched alkanes of at least 4 members (excludes halogenated alkanes) is 1. The smallest absolute Gasteiger partial charge is 0.414 e. The maximum Gasteiger partial charge on any atom is 0.414 e. The Labute approximate surface area is 160 Å². The third kappa shape index (κ3) is 13.6. The summed E-state index contributed by atoms with van der Waals surface area (Å²) in [6.07, 6.45) is 2.43. The van der Waals surface area contributed by atoms with Gasteiger partial charge in [0.15, 0.2) is 0 Å². The molecule has 9 heteroatoms. The van der Waals surface area contributed by atoms with E-state index in [9.17, 15) is 0 Å². The molecule has 7 nitrogen and oxygen atoms in total. The van der Waals surface area contributed by atoms with Crippen molar-refractivity contribution in [3.8, 4) is 5.75 Å². The zero-order valence-electron chi connectivity index (χ0n) is 14.0. The van der Waals surface area contributed by atoms with Gasteiger partial charge in [-0.1, -0.05) is 40.9 Å². The Kier molecular flexibility index (Phi) is 14.1. The lowest BCUT2D eigenvalue weighted by molar-refractivity contribution is -0.159. The van der Waals surface area contributed by atoms with E-state index in [-0.39, 0.29) is 0 Å². The third-order valence-corrected chi connectivity index (χ3v) is 3.48. The molecule has 0 spiro atoms. The number of ether oxygens (including phenoxy) is 2. The summed E-state index contributed by atoms with van der Waals surface area (Å²) in [7, 11) is 0. The number of carboxylic acids is 2. The standard InChI is InChI=1S/C14H21BrClNO2.C2H2O4/c1-2-3-6-17-7-8-18-9-10-19-14-5-4-12(15)11-13(14)16;3-1(4)2(5)6/h4-5,11,17H,2-3,6-10H2,1H3;(H,3,4)(H,5,6). The van der Waals surface area contributed by atoms with Gasteiger partial charge in [0.25, 0.3) is 0 Å². The Morgan fingerprint density at radius 1 is 1.16 bits per heavy atom. The second-order valence-corrected chi connectivity index (χ2v) is 6.07. The molecule has 1 aromatic rings. The Morgan fingerprint density at radius 3 is 2.40 bits per heavy atom. The Hall–Kier alpha value is -1.35. The molecule has 0 aliphatic rings. The summed E-state index contributed by atoms with van der Waals surface area (Å²) in [5.74, 6) is -2.96. The topological polar surface area (TPSA) is 105 Å². The molecule has 0 saturated carbocycles. The summed E-state index contributed by atoms with van der Waals surface area (Å²) in [6.45, 7) is 5.92. The Balaban J connectivity index is 0.000000823. The predicted octanol–water partition coefficient (Wildman–Crippen LogP) is 3.04. The molecular formula is C16H23BrClNO6. The molecule has 1 aromatic carbocycles. The first kappa shape index (κ1) is 23.6. The molecule has 0 unspecified atom stereocenters. The quantitative estimate of drug-likeness (QED) is 0.379. The lowest BCUT2D eigenvalue weighted by Gasteiger charge is -2.09. The summed E-state index contributed by atoms with van der Waals surface area (Å²) in [6, 6.07) is 5.56. The molecule has 0 saturated heterocycles. The minimum Gasteiger partial charge on any atom is -0.490 e. The molecular weight excluding hydrogens is 418 g/mol. The Bertz CT molecular complexity index is 517. The fourth-order valence-electron chi connectivity index (χ4n) is 1.48. The zero-order chi connectivity index (χ0) is 19.1. The monoisotopic (exact) mass is 439 g/mol. The van der Waals surface area contributed by atoms with E-state index in [0.717, 1.165) is 17.6 Å². The maximum atomic E-state index is 9.10. The van der Waals surface area contributed by atoms with Crippen LogP contribution in [0.2, 0.25) is 5.02 Å². The number of carboxylic acid groups (broad SMARTS) is 2. The maximum absolute atomic E-state index is 9.10. The van der Waals surface area contributed by atoms with Crippen molar-refractivity contribution in [2.75, 3.05) is 32.9 Å². The van der Waals surface area contributed by atoms with Gasteiger partial charge in [0.2, 0.25) is 0 Å². The number of hydrogen-bond acceptors (Lipinski definition) is 5. The fraction of sp³-hybridized carbons (Fsp3) is 0.500. The fourth-order valence-corrected chi connectivity index (χ4v) is 2.20. The van der Waals surface area contributed by atoms with E-state index >= 15 is 0 Å². The molecule has 0 aliphatic heterocycles. The molecule has 0 aromatic heterocycles. The summed E-state index contributed by atoms with van der Waals surface area (Å²) in [5.41, 5.74) is 0. The van der Waals surface area contributed by atoms with Crippen LogP contribution in [-0.2, 0) is 14.3 Å². The molecule has 0 heterocycles. The van der Waals surface area contributed by atoms with Crippen LogP contribution in [0.4, 0.5) is 0 Å². The number of halogens is 2. The largest absolute Gasteiger partial charge is 0.490 e. The van der Waals surface area contributed by atoms with E-state index < -0.39 is 11.9 Å². The molecule has 0 amide bonds. The number of carbonyl (C=O) groups is 2. The van der Waals surface area contributed by atoms with Crippen molar-refractivity contribution in [1.82, 2.24) is 5.32 Å². The molecule has 3 N–H and O–H groups in total. The lowest BCUT2D eigenvalue weighted by atomic mass is 10.3. The van der Waals surface area contributed by atoms with Crippen LogP contribution in [0.5, 0.6) is 5.75 Å². The number of aliphatic carboxylic acids is 2. The van der Waals surface area contributed by atoms with Crippen LogP contribution in [0.1, 0.15) is 19.8 Å². The first-order chi connectivity index (χ1) is 11.9. The van der Waals surface area contributed by atoms with Crippen LogP contribution < -0.4 is 10.1 Å². The first-order valence-corrected chi connectivity index (χ1v) is 8.88. The van der Waals surface area contributed by atoms with Crippen LogP contribution >= 0.6 is 27.5 Å². The van der Waals surface area contributed by atoms with Gasteiger partial charge >= 0.3 is 11.9 Å². The van der Waals surface area contributed by atoms with Crippen LogP contribution in [0.15, 0.2) is 22.7 Å². The first-order valence-electron chi connectivity index (χ1n) is 7.71. The lowest BCUT2D eigenvalue weighted by Crippen LogP contribution is -2.21. The average Bonchev–Trinajstić information content (AvgIpc) is 2.55. The van der Waals surface area contributed by atoms with E-state index in [1.165, 1.54) is 12.8 Å². The highest BCUT2D eigenvalue weighted by Gasteiger charge is 2.04. The predicted molar refractivity (Wildman–Crippen MR) is 98.5 cm³/mol. The van der Waals surface area contributed by atoms with Gasteiger partial charge in [-0.3, -0.25) is 0 Å². The SMILES string of the molecule is CCCCNCCOCCOc1ccc(Br)cc1Cl.O=C(O)C(=O)O.